The summed E-state index contributed by atoms with van der Waals surface area (Å²) in [6, 6.07) is 2.88. The summed E-state index contributed by atoms with van der Waals surface area (Å²) in [6.45, 7) is 9.50. The fourth-order valence-corrected chi connectivity index (χ4v) is 8.69. The van der Waals surface area contributed by atoms with Crippen molar-refractivity contribution in [1.82, 2.24) is 19.9 Å². The average molecular weight is 766 g/mol. The van der Waals surface area contributed by atoms with Crippen LogP contribution >= 0.6 is 11.3 Å². The number of alkyl halides is 3. The van der Waals surface area contributed by atoms with Crippen molar-refractivity contribution in [2.24, 2.45) is 17.8 Å². The number of allylic oxidation sites excluding steroid dienone is 1. The summed E-state index contributed by atoms with van der Waals surface area (Å²) < 4.78 is 73.8. The molecule has 5 atom stereocenters. The third-order valence-electron chi connectivity index (χ3n) is 9.66. The topological polar surface area (TPSA) is 164 Å². The van der Waals surface area contributed by atoms with Crippen molar-refractivity contribution >= 4 is 50.9 Å². The van der Waals surface area contributed by atoms with Crippen molar-refractivity contribution in [3.05, 3.63) is 60.1 Å². The highest BCUT2D eigenvalue weighted by Crippen LogP contribution is 2.46. The van der Waals surface area contributed by atoms with Crippen LogP contribution in [0.25, 0.3) is 10.6 Å². The van der Waals surface area contributed by atoms with Crippen LogP contribution in [0.4, 0.5) is 23.7 Å². The maximum Gasteiger partial charge on any atom is 0.416 e. The van der Waals surface area contributed by atoms with E-state index in [4.69, 9.17) is 4.74 Å². The van der Waals surface area contributed by atoms with E-state index < -0.39 is 80.2 Å². The number of thiazole rings is 1. The molecule has 282 valence electrons. The minimum absolute atomic E-state index is 0.0808. The van der Waals surface area contributed by atoms with Crippen LogP contribution in [0.1, 0.15) is 62.6 Å². The zero-order valence-corrected chi connectivity index (χ0v) is 30.5. The number of carbonyl (C=O) groups excluding carboxylic acids is 4. The van der Waals surface area contributed by atoms with Gasteiger partial charge in [-0.1, -0.05) is 12.2 Å². The summed E-state index contributed by atoms with van der Waals surface area (Å²) in [5, 5.41) is 6.52. The van der Waals surface area contributed by atoms with E-state index in [1.165, 1.54) is 28.4 Å². The van der Waals surface area contributed by atoms with Gasteiger partial charge >= 0.3 is 12.3 Å². The number of halogens is 3. The van der Waals surface area contributed by atoms with E-state index in [1.807, 2.05) is 0 Å². The third kappa shape index (κ3) is 8.85. The second-order valence-electron chi connectivity index (χ2n) is 13.6. The molecule has 3 N–H and O–H groups in total. The molecule has 0 aliphatic heterocycles. The largest absolute Gasteiger partial charge is 0.446 e. The molecule has 5 unspecified atom stereocenters. The molecule has 0 bridgehead atoms. The summed E-state index contributed by atoms with van der Waals surface area (Å²) >= 11 is 1.18. The first kappa shape index (κ1) is 39.0. The Bertz CT molecular complexity index is 1850. The van der Waals surface area contributed by atoms with Crippen LogP contribution in [0, 0.1) is 24.7 Å². The Hall–Kier alpha value is -4.25. The monoisotopic (exact) mass is 765 g/mol. The maximum absolute atomic E-state index is 13.9. The second-order valence-corrected chi connectivity index (χ2v) is 16.4. The van der Waals surface area contributed by atoms with Crippen molar-refractivity contribution in [3.8, 4) is 10.6 Å². The molecule has 0 saturated heterocycles. The molecule has 1 heterocycles. The fourth-order valence-electron chi connectivity index (χ4n) is 6.49. The SMILES string of the molecule is C=CCCCCN(C)C(=O)C1CC(OC(=O)Nc2cc(C(F)(F)F)ccc2-c2nc(C)cs2)CC1C(=O)NC1(C(=O)NS(=O)(=O)C2CC2)CC1C=C. The van der Waals surface area contributed by atoms with Crippen molar-refractivity contribution in [2.45, 2.75) is 81.4 Å². The number of rotatable bonds is 15. The normalized spacial score (nSPS) is 24.0. The summed E-state index contributed by atoms with van der Waals surface area (Å²) in [5.41, 5.74) is -1.90. The zero-order chi connectivity index (χ0) is 38.0. The molecule has 0 radical (unpaired) electrons. The molecule has 4 amide bonds. The molecule has 3 saturated carbocycles. The average Bonchev–Trinajstić information content (AvgIpc) is 3.98. The number of nitrogens with one attached hydrogen (secondary N) is 3. The number of aromatic nitrogens is 1. The van der Waals surface area contributed by atoms with Crippen LogP contribution in [-0.2, 0) is 35.3 Å². The molecule has 12 nitrogen and oxygen atoms in total. The Morgan fingerprint density at radius 3 is 2.44 bits per heavy atom. The van der Waals surface area contributed by atoms with Gasteiger partial charge in [0.2, 0.25) is 21.8 Å². The lowest BCUT2D eigenvalue weighted by molar-refractivity contribution is -0.140. The van der Waals surface area contributed by atoms with Crippen molar-refractivity contribution in [1.29, 1.82) is 0 Å². The van der Waals surface area contributed by atoms with Gasteiger partial charge in [0.15, 0.2) is 0 Å². The third-order valence-corrected chi connectivity index (χ3v) is 12.5. The van der Waals surface area contributed by atoms with Gasteiger partial charge in [-0.15, -0.1) is 24.5 Å². The summed E-state index contributed by atoms with van der Waals surface area (Å²) in [4.78, 5) is 60.1. The predicted molar refractivity (Wildman–Crippen MR) is 188 cm³/mol. The number of aryl methyl sites for hydroxylation is 1. The number of sulfonamides is 1. The van der Waals surface area contributed by atoms with Gasteiger partial charge in [-0.3, -0.25) is 24.4 Å². The van der Waals surface area contributed by atoms with Gasteiger partial charge in [-0.2, -0.15) is 13.2 Å². The molecule has 3 aliphatic rings. The Morgan fingerprint density at radius 2 is 1.85 bits per heavy atom. The van der Waals surface area contributed by atoms with Gasteiger partial charge in [0.25, 0.3) is 5.91 Å². The summed E-state index contributed by atoms with van der Waals surface area (Å²) in [6.07, 6.45) is -0.663. The number of hydrogen-bond donors (Lipinski definition) is 3. The highest BCUT2D eigenvalue weighted by molar-refractivity contribution is 7.91. The van der Waals surface area contributed by atoms with Gasteiger partial charge in [-0.05, 0) is 76.5 Å². The molecule has 5 rings (SSSR count). The predicted octanol–water partition coefficient (Wildman–Crippen LogP) is 5.56. The Morgan fingerprint density at radius 1 is 1.13 bits per heavy atom. The van der Waals surface area contributed by atoms with Gasteiger partial charge in [0.05, 0.1) is 28.3 Å². The fraction of sp³-hybridized carbons (Fsp3) is 0.514. The zero-order valence-electron chi connectivity index (χ0n) is 28.8. The minimum atomic E-state index is -4.70. The second kappa shape index (κ2) is 15.4. The summed E-state index contributed by atoms with van der Waals surface area (Å²) in [7, 11) is -2.33. The van der Waals surface area contributed by atoms with Crippen molar-refractivity contribution in [3.63, 3.8) is 0 Å². The maximum atomic E-state index is 13.9. The van der Waals surface area contributed by atoms with E-state index in [9.17, 15) is 40.8 Å². The molecule has 1 aromatic heterocycles. The molecule has 2 aromatic rings. The van der Waals surface area contributed by atoms with Gasteiger partial charge in [0.1, 0.15) is 16.7 Å². The van der Waals surface area contributed by atoms with Crippen molar-refractivity contribution in [2.75, 3.05) is 18.9 Å². The Balaban J connectivity index is 1.35. The smallest absolute Gasteiger partial charge is 0.416 e. The minimum Gasteiger partial charge on any atom is -0.446 e. The molecule has 52 heavy (non-hydrogen) atoms. The first-order chi connectivity index (χ1) is 24.5. The first-order valence-corrected chi connectivity index (χ1v) is 19.4. The van der Waals surface area contributed by atoms with Crippen LogP contribution in [0.2, 0.25) is 0 Å². The first-order valence-electron chi connectivity index (χ1n) is 17.0. The van der Waals surface area contributed by atoms with Gasteiger partial charge in [0, 0.05) is 36.1 Å². The highest BCUT2D eigenvalue weighted by Gasteiger charge is 2.62. The van der Waals surface area contributed by atoms with Crippen LogP contribution in [-0.4, -0.2) is 72.6 Å². The van der Waals surface area contributed by atoms with E-state index in [0.29, 0.717) is 36.5 Å². The standard InChI is InChI=1S/C35H42F3N5O7S2/c1-5-7-8-9-14-43(4)31(45)27-17-23(16-26(27)29(44)41-34(18-21(34)6-2)32(46)42-52(48,49)24-11-12-24)50-33(47)40-28-15-22(35(36,37)38)10-13-25(28)30-39-20(3)19-51-30/h5-6,10,13,15,19,21,23-24,26-27H,1-2,7-9,11-12,14,16-18H2,3-4H3,(H,40,47)(H,41,44)(H,42,46). The highest BCUT2D eigenvalue weighted by atomic mass is 32.2. The van der Waals surface area contributed by atoms with Gasteiger partial charge in [-0.25, -0.2) is 18.2 Å². The molecular weight excluding hydrogens is 724 g/mol. The number of benzene rings is 1. The van der Waals surface area contributed by atoms with E-state index in [-0.39, 0.29) is 30.5 Å². The van der Waals surface area contributed by atoms with Crippen LogP contribution in [0.15, 0.2) is 48.9 Å². The molecular formula is C35H42F3N5O7S2. The van der Waals surface area contributed by atoms with E-state index in [2.05, 4.69) is 33.5 Å². The van der Waals surface area contributed by atoms with Gasteiger partial charge < -0.3 is 15.0 Å². The lowest BCUT2D eigenvalue weighted by Crippen LogP contribution is -2.54. The molecule has 0 spiro atoms. The van der Waals surface area contributed by atoms with Crippen LogP contribution in [0.5, 0.6) is 0 Å². The lowest BCUT2D eigenvalue weighted by Gasteiger charge is -2.26. The Labute approximate surface area is 304 Å². The van der Waals surface area contributed by atoms with Crippen LogP contribution in [0.3, 0.4) is 0 Å². The number of amides is 4. The quantitative estimate of drug-likeness (QED) is 0.157. The van der Waals surface area contributed by atoms with E-state index in [0.717, 1.165) is 25.0 Å². The number of hydrogen-bond acceptors (Lipinski definition) is 9. The number of carbonyl (C=O) groups is 4. The van der Waals surface area contributed by atoms with Crippen molar-refractivity contribution < 1.29 is 45.5 Å². The van der Waals surface area contributed by atoms with Crippen LogP contribution < -0.4 is 15.4 Å². The summed E-state index contributed by atoms with van der Waals surface area (Å²) in [5.74, 6) is -4.62. The molecule has 3 aliphatic carbocycles. The molecule has 1 aromatic carbocycles. The number of anilines is 1. The lowest BCUT2D eigenvalue weighted by atomic mass is 9.93. The molecule has 17 heteroatoms. The Kier molecular flexibility index (Phi) is 11.5. The molecule has 3 fully saturated rings. The number of unbranched alkanes of at least 4 members (excludes halogenated alkanes) is 2. The number of nitrogens with zero attached hydrogens (tertiary/aromatic N) is 2. The van der Waals surface area contributed by atoms with E-state index >= 15 is 0 Å². The van der Waals surface area contributed by atoms with E-state index in [1.54, 1.807) is 25.4 Å². The number of ether oxygens (including phenoxy) is 1.